The van der Waals surface area contributed by atoms with Crippen LogP contribution in [0, 0.1) is 0 Å². The molecule has 0 saturated carbocycles. The number of rotatable bonds is 4. The van der Waals surface area contributed by atoms with Crippen LogP contribution in [-0.4, -0.2) is 15.0 Å². The molecule has 0 N–H and O–H groups in total. The molecule has 0 spiro atoms. The molecule has 0 bridgehead atoms. The fraction of sp³-hybridized carbons (Fsp3) is 0. The lowest BCUT2D eigenvalue weighted by atomic mass is 10.0. The molecule has 51 heavy (non-hydrogen) atoms. The topological polar surface area (TPSA) is 65.0 Å². The molecule has 238 valence electrons. The Hall–Kier alpha value is -6.63. The molecule has 5 nitrogen and oxygen atoms in total. The second-order valence-corrected chi connectivity index (χ2v) is 13.9. The molecule has 0 amide bonds. The number of benzene rings is 7. The summed E-state index contributed by atoms with van der Waals surface area (Å²) in [5, 5.41) is 6.86. The molecule has 0 aliphatic heterocycles. The van der Waals surface area contributed by atoms with E-state index in [9.17, 15) is 0 Å². The van der Waals surface area contributed by atoms with Gasteiger partial charge >= 0.3 is 0 Å². The van der Waals surface area contributed by atoms with Crippen LogP contribution in [0.4, 0.5) is 0 Å². The lowest BCUT2D eigenvalue weighted by Crippen LogP contribution is -2.00. The van der Waals surface area contributed by atoms with Crippen LogP contribution < -0.4 is 0 Å². The summed E-state index contributed by atoms with van der Waals surface area (Å²) < 4.78 is 15.3. The molecular weight excluding hydrogens is 647 g/mol. The summed E-state index contributed by atoms with van der Waals surface area (Å²) in [7, 11) is 0. The number of para-hydroxylation sites is 1. The van der Waals surface area contributed by atoms with E-state index in [2.05, 4.69) is 91.0 Å². The maximum absolute atomic E-state index is 6.45. The van der Waals surface area contributed by atoms with Crippen molar-refractivity contribution in [2.45, 2.75) is 0 Å². The first-order chi connectivity index (χ1) is 25.2. The number of furan rings is 2. The molecule has 4 heterocycles. The van der Waals surface area contributed by atoms with E-state index in [1.807, 2.05) is 72.0 Å². The highest BCUT2D eigenvalue weighted by Gasteiger charge is 2.17. The van der Waals surface area contributed by atoms with Crippen molar-refractivity contribution in [2.75, 3.05) is 0 Å². The summed E-state index contributed by atoms with van der Waals surface area (Å²) in [6.07, 6.45) is 0. The molecule has 0 atom stereocenters. The van der Waals surface area contributed by atoms with Gasteiger partial charge in [0.25, 0.3) is 0 Å². The number of hydrogen-bond acceptors (Lipinski definition) is 6. The number of nitrogens with zero attached hydrogens (tertiary/aromatic N) is 3. The van der Waals surface area contributed by atoms with E-state index >= 15 is 0 Å². The number of thiophene rings is 1. The van der Waals surface area contributed by atoms with Crippen LogP contribution in [0.3, 0.4) is 0 Å². The molecule has 4 aromatic heterocycles. The van der Waals surface area contributed by atoms with Crippen molar-refractivity contribution in [1.82, 2.24) is 15.0 Å². The SMILES string of the molecule is c1ccc(-c2nc(-c3ccc4c(c3)oc3ccccc34)nc(-c3ccc4c(c3)oc3ccc(-c5ccc6sc7ccccc7c6c5)cc34)n2)cc1. The van der Waals surface area contributed by atoms with E-state index in [0.717, 1.165) is 66.1 Å². The third kappa shape index (κ3) is 4.58. The van der Waals surface area contributed by atoms with Gasteiger partial charge in [0.2, 0.25) is 0 Å². The Morgan fingerprint density at radius 3 is 1.57 bits per heavy atom. The quantitative estimate of drug-likeness (QED) is 0.186. The van der Waals surface area contributed by atoms with E-state index < -0.39 is 0 Å². The Kier molecular flexibility index (Phi) is 6.05. The first-order valence-corrected chi connectivity index (χ1v) is 17.7. The van der Waals surface area contributed by atoms with E-state index in [1.165, 1.54) is 25.7 Å². The minimum atomic E-state index is 0.572. The van der Waals surface area contributed by atoms with Crippen molar-refractivity contribution in [3.05, 3.63) is 152 Å². The van der Waals surface area contributed by atoms with E-state index in [4.69, 9.17) is 23.8 Å². The molecule has 0 aliphatic carbocycles. The Bertz CT molecular complexity index is 3160. The van der Waals surface area contributed by atoms with Gasteiger partial charge in [0.15, 0.2) is 17.5 Å². The first kappa shape index (κ1) is 28.2. The molecular formula is C45H25N3O2S. The molecule has 0 fully saturated rings. The zero-order valence-electron chi connectivity index (χ0n) is 27.0. The van der Waals surface area contributed by atoms with Gasteiger partial charge in [-0.15, -0.1) is 11.3 Å². The van der Waals surface area contributed by atoms with Gasteiger partial charge in [-0.25, -0.2) is 15.0 Å². The third-order valence-electron chi connectivity index (χ3n) is 9.74. The van der Waals surface area contributed by atoms with Gasteiger partial charge in [-0.3, -0.25) is 0 Å². The monoisotopic (exact) mass is 671 g/mol. The van der Waals surface area contributed by atoms with Crippen molar-refractivity contribution in [3.63, 3.8) is 0 Å². The van der Waals surface area contributed by atoms with Gasteiger partial charge < -0.3 is 8.83 Å². The Morgan fingerprint density at radius 2 is 0.824 bits per heavy atom. The predicted molar refractivity (Wildman–Crippen MR) is 209 cm³/mol. The second kappa shape index (κ2) is 10.9. The fourth-order valence-electron chi connectivity index (χ4n) is 7.22. The highest BCUT2D eigenvalue weighted by Crippen LogP contribution is 2.39. The van der Waals surface area contributed by atoms with Crippen molar-refractivity contribution >= 4 is 75.4 Å². The first-order valence-electron chi connectivity index (χ1n) is 16.8. The summed E-state index contributed by atoms with van der Waals surface area (Å²) in [5.41, 5.74) is 8.24. The van der Waals surface area contributed by atoms with E-state index in [0.29, 0.717) is 17.5 Å². The van der Waals surface area contributed by atoms with Crippen molar-refractivity contribution in [3.8, 4) is 45.3 Å². The van der Waals surface area contributed by atoms with Crippen LogP contribution in [0.1, 0.15) is 0 Å². The standard InChI is InChI=1S/C45H25N3O2S/c1-2-8-26(9-3-1)43-46-44(29-14-18-32-31-10-4-6-12-37(31)49-39(32)24-29)48-45(47-43)30-15-19-33-35-22-27(16-20-38(35)50-40(33)25-30)28-17-21-42-36(23-28)34-11-5-7-13-41(34)51-42/h1-25H. The zero-order valence-corrected chi connectivity index (χ0v) is 27.8. The maximum Gasteiger partial charge on any atom is 0.164 e. The van der Waals surface area contributed by atoms with Crippen LogP contribution in [0.5, 0.6) is 0 Å². The summed E-state index contributed by atoms with van der Waals surface area (Å²) in [4.78, 5) is 14.9. The van der Waals surface area contributed by atoms with Crippen molar-refractivity contribution in [1.29, 1.82) is 0 Å². The van der Waals surface area contributed by atoms with Gasteiger partial charge in [-0.2, -0.15) is 0 Å². The van der Waals surface area contributed by atoms with E-state index in [1.54, 1.807) is 0 Å². The van der Waals surface area contributed by atoms with Gasteiger partial charge in [0.1, 0.15) is 22.3 Å². The minimum Gasteiger partial charge on any atom is -0.456 e. The minimum absolute atomic E-state index is 0.572. The number of fused-ring (bicyclic) bond motifs is 9. The fourth-order valence-corrected chi connectivity index (χ4v) is 8.30. The van der Waals surface area contributed by atoms with Gasteiger partial charge in [-0.1, -0.05) is 91.0 Å². The van der Waals surface area contributed by atoms with Crippen molar-refractivity contribution < 1.29 is 8.83 Å². The summed E-state index contributed by atoms with van der Waals surface area (Å²) >= 11 is 1.84. The third-order valence-corrected chi connectivity index (χ3v) is 10.9. The summed E-state index contributed by atoms with van der Waals surface area (Å²) in [6.45, 7) is 0. The maximum atomic E-state index is 6.45. The van der Waals surface area contributed by atoms with Crippen LogP contribution >= 0.6 is 11.3 Å². The van der Waals surface area contributed by atoms with Crippen LogP contribution in [-0.2, 0) is 0 Å². The van der Waals surface area contributed by atoms with Crippen LogP contribution in [0.25, 0.3) is 109 Å². The normalized spacial score (nSPS) is 11.9. The second-order valence-electron chi connectivity index (χ2n) is 12.8. The molecule has 0 aliphatic rings. The molecule has 0 saturated heterocycles. The average molecular weight is 672 g/mol. The Morgan fingerprint density at radius 1 is 0.314 bits per heavy atom. The lowest BCUT2D eigenvalue weighted by molar-refractivity contribution is 0.668. The van der Waals surface area contributed by atoms with Gasteiger partial charge in [-0.05, 0) is 71.8 Å². The van der Waals surface area contributed by atoms with E-state index in [-0.39, 0.29) is 0 Å². The molecule has 11 aromatic rings. The van der Waals surface area contributed by atoms with Gasteiger partial charge in [0.05, 0.1) is 0 Å². The summed E-state index contributed by atoms with van der Waals surface area (Å²) in [6, 6.07) is 52.3. The predicted octanol–water partition coefficient (Wildman–Crippen LogP) is 12.7. The van der Waals surface area contributed by atoms with Crippen LogP contribution in [0.2, 0.25) is 0 Å². The number of aromatic nitrogens is 3. The molecule has 6 heteroatoms. The molecule has 0 unspecified atom stereocenters. The summed E-state index contributed by atoms with van der Waals surface area (Å²) in [5.74, 6) is 1.75. The largest absolute Gasteiger partial charge is 0.456 e. The molecule has 7 aromatic carbocycles. The number of hydrogen-bond donors (Lipinski definition) is 0. The Labute approximate surface area is 295 Å². The zero-order chi connectivity index (χ0) is 33.5. The smallest absolute Gasteiger partial charge is 0.164 e. The van der Waals surface area contributed by atoms with Gasteiger partial charge in [0, 0.05) is 58.4 Å². The molecule has 0 radical (unpaired) electrons. The average Bonchev–Trinajstić information content (AvgIpc) is 3.88. The highest BCUT2D eigenvalue weighted by molar-refractivity contribution is 7.25. The van der Waals surface area contributed by atoms with Crippen molar-refractivity contribution in [2.24, 2.45) is 0 Å². The lowest BCUT2D eigenvalue weighted by Gasteiger charge is -2.08. The van der Waals surface area contributed by atoms with Crippen LogP contribution in [0.15, 0.2) is 160 Å². The molecule has 11 rings (SSSR count). The Balaban J connectivity index is 1.02. The highest BCUT2D eigenvalue weighted by atomic mass is 32.1.